The molecule has 0 saturated heterocycles. The van der Waals surface area contributed by atoms with Gasteiger partial charge in [0.1, 0.15) is 0 Å². The SMILES string of the molecule is O=C(CN1c2ccccc2NC2=C(C(=O)CCC2)C1c1cccs1)NCc1ccncc1. The molecule has 1 unspecified atom stereocenters. The first-order valence-electron chi connectivity index (χ1n) is 10.8. The van der Waals surface area contributed by atoms with Gasteiger partial charge in [0.25, 0.3) is 0 Å². The van der Waals surface area contributed by atoms with Crippen LogP contribution in [0.25, 0.3) is 0 Å². The molecule has 0 bridgehead atoms. The highest BCUT2D eigenvalue weighted by Gasteiger charge is 2.37. The number of anilines is 2. The van der Waals surface area contributed by atoms with Gasteiger partial charge in [0.05, 0.1) is 24.0 Å². The molecule has 0 radical (unpaired) electrons. The number of carbonyl (C=O) groups is 2. The molecule has 5 rings (SSSR count). The minimum Gasteiger partial charge on any atom is -0.357 e. The first-order valence-corrected chi connectivity index (χ1v) is 11.7. The maximum absolute atomic E-state index is 13.2. The van der Waals surface area contributed by atoms with E-state index in [4.69, 9.17) is 0 Å². The molecule has 1 aliphatic heterocycles. The Morgan fingerprint density at radius 1 is 1.12 bits per heavy atom. The molecule has 162 valence electrons. The van der Waals surface area contributed by atoms with E-state index < -0.39 is 0 Å². The quantitative estimate of drug-likeness (QED) is 0.609. The number of Topliss-reactive ketones (excluding diaryl/α,β-unsaturated/α-hetero) is 1. The largest absolute Gasteiger partial charge is 0.357 e. The van der Waals surface area contributed by atoms with Crippen molar-refractivity contribution >= 4 is 34.4 Å². The summed E-state index contributed by atoms with van der Waals surface area (Å²) in [7, 11) is 0. The zero-order valence-electron chi connectivity index (χ0n) is 17.6. The average Bonchev–Trinajstić information content (AvgIpc) is 3.30. The van der Waals surface area contributed by atoms with Crippen molar-refractivity contribution in [2.75, 3.05) is 16.8 Å². The lowest BCUT2D eigenvalue weighted by atomic mass is 9.88. The lowest BCUT2D eigenvalue weighted by molar-refractivity contribution is -0.120. The fraction of sp³-hybridized carbons (Fsp3) is 0.240. The van der Waals surface area contributed by atoms with Crippen LogP contribution in [-0.2, 0) is 16.1 Å². The second-order valence-corrected chi connectivity index (χ2v) is 8.97. The minimum atomic E-state index is -0.291. The summed E-state index contributed by atoms with van der Waals surface area (Å²) < 4.78 is 0. The molecule has 2 aromatic heterocycles. The number of hydrogen-bond donors (Lipinski definition) is 2. The second-order valence-electron chi connectivity index (χ2n) is 7.99. The monoisotopic (exact) mass is 444 g/mol. The number of nitrogens with one attached hydrogen (secondary N) is 2. The van der Waals surface area contributed by atoms with Gasteiger partial charge in [-0.1, -0.05) is 18.2 Å². The third-order valence-electron chi connectivity index (χ3n) is 5.91. The molecule has 0 saturated carbocycles. The molecule has 0 fully saturated rings. The van der Waals surface area contributed by atoms with E-state index in [9.17, 15) is 9.59 Å². The molecule has 0 spiro atoms. The van der Waals surface area contributed by atoms with Crippen LogP contribution in [0.5, 0.6) is 0 Å². The van der Waals surface area contributed by atoms with Crippen LogP contribution in [0.1, 0.15) is 35.7 Å². The number of nitrogens with zero attached hydrogens (tertiary/aromatic N) is 2. The van der Waals surface area contributed by atoms with E-state index >= 15 is 0 Å². The molecular formula is C25H24N4O2S. The number of hydrogen-bond acceptors (Lipinski definition) is 6. The Balaban J connectivity index is 1.52. The Kier molecular flexibility index (Phi) is 5.73. The Morgan fingerprint density at radius 3 is 2.78 bits per heavy atom. The summed E-state index contributed by atoms with van der Waals surface area (Å²) in [4.78, 5) is 33.4. The highest BCUT2D eigenvalue weighted by molar-refractivity contribution is 7.10. The summed E-state index contributed by atoms with van der Waals surface area (Å²) in [5.41, 5.74) is 4.61. The van der Waals surface area contributed by atoms with Crippen LogP contribution in [0.15, 0.2) is 77.6 Å². The predicted molar refractivity (Wildman–Crippen MR) is 126 cm³/mol. The van der Waals surface area contributed by atoms with Gasteiger partial charge in [0.15, 0.2) is 5.78 Å². The van der Waals surface area contributed by atoms with Gasteiger partial charge in [-0.05, 0) is 54.1 Å². The number of ketones is 1. The van der Waals surface area contributed by atoms with Crippen LogP contribution in [0, 0.1) is 0 Å². The van der Waals surface area contributed by atoms with Crippen LogP contribution < -0.4 is 15.5 Å². The van der Waals surface area contributed by atoms with Crippen LogP contribution >= 0.6 is 11.3 Å². The average molecular weight is 445 g/mol. The molecule has 1 aromatic carbocycles. The lowest BCUT2D eigenvalue weighted by Gasteiger charge is -2.34. The van der Waals surface area contributed by atoms with Crippen molar-refractivity contribution in [2.45, 2.75) is 31.8 Å². The number of carbonyl (C=O) groups excluding carboxylic acids is 2. The first-order chi connectivity index (χ1) is 15.7. The Bertz CT molecular complexity index is 1160. The second kappa shape index (κ2) is 8.96. The number of pyridine rings is 1. The third kappa shape index (κ3) is 4.03. The van der Waals surface area contributed by atoms with Gasteiger partial charge >= 0.3 is 0 Å². The zero-order valence-corrected chi connectivity index (χ0v) is 18.4. The van der Waals surface area contributed by atoms with Crippen molar-refractivity contribution in [1.82, 2.24) is 10.3 Å². The van der Waals surface area contributed by atoms with Gasteiger partial charge in [-0.2, -0.15) is 0 Å². The Hall–Kier alpha value is -3.45. The van der Waals surface area contributed by atoms with Crippen molar-refractivity contribution in [3.8, 4) is 0 Å². The molecule has 2 aliphatic rings. The molecule has 32 heavy (non-hydrogen) atoms. The molecule has 1 aliphatic carbocycles. The molecule has 2 N–H and O–H groups in total. The fourth-order valence-corrected chi connectivity index (χ4v) is 5.27. The number of para-hydroxylation sites is 2. The van der Waals surface area contributed by atoms with E-state index in [1.165, 1.54) is 0 Å². The number of rotatable bonds is 5. The number of thiophene rings is 1. The summed E-state index contributed by atoms with van der Waals surface area (Å²) >= 11 is 1.62. The van der Waals surface area contributed by atoms with Crippen molar-refractivity contribution in [1.29, 1.82) is 0 Å². The number of amides is 1. The fourth-order valence-electron chi connectivity index (χ4n) is 4.43. The molecule has 3 aromatic rings. The summed E-state index contributed by atoms with van der Waals surface area (Å²) in [6.07, 6.45) is 5.65. The van der Waals surface area contributed by atoms with Gasteiger partial charge in [-0.25, -0.2) is 0 Å². The third-order valence-corrected chi connectivity index (χ3v) is 6.83. The summed E-state index contributed by atoms with van der Waals surface area (Å²) in [5, 5.41) is 8.57. The molecule has 3 heterocycles. The molecule has 1 amide bonds. The van der Waals surface area contributed by atoms with Gasteiger partial charge in [-0.3, -0.25) is 14.6 Å². The number of fused-ring (bicyclic) bond motifs is 1. The van der Waals surface area contributed by atoms with Crippen LogP contribution in [0.2, 0.25) is 0 Å². The summed E-state index contributed by atoms with van der Waals surface area (Å²) in [6.45, 7) is 0.585. The predicted octanol–water partition coefficient (Wildman–Crippen LogP) is 4.44. The van der Waals surface area contributed by atoms with Crippen molar-refractivity contribution in [2.24, 2.45) is 0 Å². The number of benzene rings is 1. The normalized spacial score (nSPS) is 17.8. The van der Waals surface area contributed by atoms with Crippen LogP contribution in [0.3, 0.4) is 0 Å². The standard InChI is InChI=1S/C25H24N4O2S/c30-21-8-3-6-19-24(21)25(22-9-4-14-32-22)29(20-7-2-1-5-18(20)28-19)16-23(31)27-15-17-10-12-26-13-11-17/h1-2,4-5,7,9-14,25,28H,3,6,8,15-16H2,(H,27,31). The topological polar surface area (TPSA) is 74.3 Å². The molecular weight excluding hydrogens is 420 g/mol. The van der Waals surface area contributed by atoms with Crippen LogP contribution in [-0.4, -0.2) is 23.2 Å². The van der Waals surface area contributed by atoms with E-state index in [1.807, 2.05) is 47.8 Å². The molecule has 6 nitrogen and oxygen atoms in total. The van der Waals surface area contributed by atoms with E-state index in [2.05, 4.69) is 26.6 Å². The van der Waals surface area contributed by atoms with E-state index in [1.54, 1.807) is 23.7 Å². The van der Waals surface area contributed by atoms with Gasteiger partial charge in [0.2, 0.25) is 5.91 Å². The maximum atomic E-state index is 13.2. The van der Waals surface area contributed by atoms with Gasteiger partial charge in [-0.15, -0.1) is 11.3 Å². The van der Waals surface area contributed by atoms with Gasteiger partial charge < -0.3 is 15.5 Å². The van der Waals surface area contributed by atoms with Crippen molar-refractivity contribution in [3.63, 3.8) is 0 Å². The van der Waals surface area contributed by atoms with E-state index in [0.717, 1.165) is 45.9 Å². The smallest absolute Gasteiger partial charge is 0.239 e. The van der Waals surface area contributed by atoms with Crippen molar-refractivity contribution in [3.05, 3.63) is 88.0 Å². The first kappa shape index (κ1) is 20.5. The van der Waals surface area contributed by atoms with Crippen LogP contribution in [0.4, 0.5) is 11.4 Å². The Morgan fingerprint density at radius 2 is 1.97 bits per heavy atom. The number of aromatic nitrogens is 1. The lowest BCUT2D eigenvalue weighted by Crippen LogP contribution is -2.40. The minimum absolute atomic E-state index is 0.0921. The highest BCUT2D eigenvalue weighted by Crippen LogP contribution is 2.45. The van der Waals surface area contributed by atoms with E-state index in [0.29, 0.717) is 13.0 Å². The highest BCUT2D eigenvalue weighted by atomic mass is 32.1. The van der Waals surface area contributed by atoms with E-state index in [-0.39, 0.29) is 24.3 Å². The zero-order chi connectivity index (χ0) is 21.9. The maximum Gasteiger partial charge on any atom is 0.239 e. The summed E-state index contributed by atoms with van der Waals surface area (Å²) in [5.74, 6) is 0.0672. The molecule has 1 atom stereocenters. The van der Waals surface area contributed by atoms with Crippen molar-refractivity contribution < 1.29 is 9.59 Å². The summed E-state index contributed by atoms with van der Waals surface area (Å²) in [6, 6.07) is 15.5. The Labute approximate surface area is 191 Å². The number of allylic oxidation sites excluding steroid dienone is 1. The van der Waals surface area contributed by atoms with Gasteiger partial charge in [0, 0.05) is 41.5 Å². The molecule has 7 heteroatoms.